The summed E-state index contributed by atoms with van der Waals surface area (Å²) in [6, 6.07) is 6.36. The minimum absolute atomic E-state index is 0.0184. The Morgan fingerprint density at radius 2 is 2.00 bits per heavy atom. The van der Waals surface area contributed by atoms with Crippen molar-refractivity contribution in [2.45, 2.75) is 32.2 Å². The average molecular weight is 347 g/mol. The minimum atomic E-state index is -0.240. The van der Waals surface area contributed by atoms with E-state index in [0.29, 0.717) is 19.4 Å². The number of aromatic nitrogens is 1. The maximum absolute atomic E-state index is 12.8. The Bertz CT molecular complexity index is 665. The van der Waals surface area contributed by atoms with Crippen LogP contribution in [0.15, 0.2) is 29.6 Å². The normalized spacial score (nSPS) is 14.9. The molecule has 2 aromatic rings. The first-order chi connectivity index (χ1) is 11.7. The maximum atomic E-state index is 12.8. The third-order valence-electron chi connectivity index (χ3n) is 4.15. The second-order valence-electron chi connectivity index (χ2n) is 6.12. The van der Waals surface area contributed by atoms with Gasteiger partial charge in [0.25, 0.3) is 0 Å². The first-order valence-electron chi connectivity index (χ1n) is 8.36. The predicted molar refractivity (Wildman–Crippen MR) is 93.4 cm³/mol. The number of hydrogen-bond donors (Lipinski definition) is 1. The van der Waals surface area contributed by atoms with Crippen LogP contribution in [-0.2, 0) is 24.2 Å². The van der Waals surface area contributed by atoms with Gasteiger partial charge in [-0.3, -0.25) is 9.69 Å². The summed E-state index contributed by atoms with van der Waals surface area (Å²) in [5.74, 6) is -0.258. The second-order valence-corrected chi connectivity index (χ2v) is 7.06. The number of carbonyl (C=O) groups is 1. The summed E-state index contributed by atoms with van der Waals surface area (Å²) < 4.78 is 12.8. The highest BCUT2D eigenvalue weighted by atomic mass is 32.1. The quantitative estimate of drug-likeness (QED) is 0.838. The van der Waals surface area contributed by atoms with Crippen LogP contribution in [0.1, 0.15) is 29.1 Å². The molecule has 3 rings (SSSR count). The van der Waals surface area contributed by atoms with Crippen molar-refractivity contribution >= 4 is 17.2 Å². The minimum Gasteiger partial charge on any atom is -0.355 e. The van der Waals surface area contributed by atoms with Crippen molar-refractivity contribution in [3.8, 4) is 0 Å². The molecule has 0 unspecified atom stereocenters. The molecular formula is C18H22FN3OS. The summed E-state index contributed by atoms with van der Waals surface area (Å²) in [6.07, 6.45) is 3.56. The van der Waals surface area contributed by atoms with Gasteiger partial charge < -0.3 is 5.32 Å². The largest absolute Gasteiger partial charge is 0.355 e. The molecule has 1 amide bonds. The van der Waals surface area contributed by atoms with Gasteiger partial charge in [0.2, 0.25) is 5.91 Å². The van der Waals surface area contributed by atoms with E-state index in [9.17, 15) is 9.18 Å². The molecule has 1 aromatic carbocycles. The molecular weight excluding hydrogens is 325 g/mol. The van der Waals surface area contributed by atoms with E-state index in [1.54, 1.807) is 23.5 Å². The number of nitrogens with zero attached hydrogens (tertiary/aromatic N) is 2. The van der Waals surface area contributed by atoms with Gasteiger partial charge in [0.15, 0.2) is 0 Å². The summed E-state index contributed by atoms with van der Waals surface area (Å²) in [7, 11) is 0. The number of rotatable bonds is 7. The van der Waals surface area contributed by atoms with Crippen LogP contribution in [0.2, 0.25) is 0 Å². The van der Waals surface area contributed by atoms with Crippen LogP contribution in [0.3, 0.4) is 0 Å². The molecule has 0 spiro atoms. The highest BCUT2D eigenvalue weighted by Gasteiger charge is 2.14. The number of halogens is 1. The Kier molecular flexibility index (Phi) is 5.93. The molecule has 0 aliphatic carbocycles. The van der Waals surface area contributed by atoms with Gasteiger partial charge in [0.1, 0.15) is 10.8 Å². The summed E-state index contributed by atoms with van der Waals surface area (Å²) in [5.41, 5.74) is 1.85. The van der Waals surface area contributed by atoms with Crippen molar-refractivity contribution in [3.63, 3.8) is 0 Å². The third kappa shape index (κ3) is 5.11. The lowest BCUT2D eigenvalue weighted by atomic mass is 10.1. The zero-order valence-corrected chi connectivity index (χ0v) is 14.4. The van der Waals surface area contributed by atoms with E-state index >= 15 is 0 Å². The van der Waals surface area contributed by atoms with E-state index < -0.39 is 0 Å². The number of carbonyl (C=O) groups excluding carboxylic acids is 1. The van der Waals surface area contributed by atoms with Crippen molar-refractivity contribution in [3.05, 3.63) is 51.7 Å². The molecule has 0 bridgehead atoms. The van der Waals surface area contributed by atoms with E-state index in [-0.39, 0.29) is 11.7 Å². The summed E-state index contributed by atoms with van der Waals surface area (Å²) in [6.45, 7) is 3.75. The summed E-state index contributed by atoms with van der Waals surface area (Å²) in [4.78, 5) is 19.0. The zero-order valence-electron chi connectivity index (χ0n) is 13.6. The van der Waals surface area contributed by atoms with Gasteiger partial charge in [-0.1, -0.05) is 12.1 Å². The molecule has 1 saturated heterocycles. The lowest BCUT2D eigenvalue weighted by Crippen LogP contribution is -2.27. The maximum Gasteiger partial charge on any atom is 0.226 e. The third-order valence-corrected chi connectivity index (χ3v) is 5.03. The lowest BCUT2D eigenvalue weighted by molar-refractivity contribution is -0.120. The van der Waals surface area contributed by atoms with Crippen LogP contribution in [0, 0.1) is 5.82 Å². The molecule has 1 aromatic heterocycles. The number of benzene rings is 1. The Labute approximate surface area is 145 Å². The van der Waals surface area contributed by atoms with E-state index in [1.807, 2.05) is 5.38 Å². The Hall–Kier alpha value is -1.79. The molecule has 24 heavy (non-hydrogen) atoms. The highest BCUT2D eigenvalue weighted by Crippen LogP contribution is 2.16. The van der Waals surface area contributed by atoms with Crippen molar-refractivity contribution < 1.29 is 9.18 Å². The molecule has 6 heteroatoms. The van der Waals surface area contributed by atoms with Crippen LogP contribution < -0.4 is 5.32 Å². The van der Waals surface area contributed by atoms with Gasteiger partial charge in [-0.15, -0.1) is 11.3 Å². The van der Waals surface area contributed by atoms with Crippen molar-refractivity contribution in [1.82, 2.24) is 15.2 Å². The molecule has 1 N–H and O–H groups in total. The lowest BCUT2D eigenvalue weighted by Gasteiger charge is -2.11. The fraction of sp³-hybridized carbons (Fsp3) is 0.444. The van der Waals surface area contributed by atoms with Gasteiger partial charge in [-0.2, -0.15) is 0 Å². The number of thiazole rings is 1. The molecule has 1 aliphatic rings. The van der Waals surface area contributed by atoms with Crippen LogP contribution >= 0.6 is 11.3 Å². The number of nitrogens with one attached hydrogen (secondary N) is 1. The van der Waals surface area contributed by atoms with Crippen molar-refractivity contribution in [2.75, 3.05) is 19.6 Å². The number of amides is 1. The molecule has 4 nitrogen and oxygen atoms in total. The Morgan fingerprint density at radius 3 is 2.75 bits per heavy atom. The van der Waals surface area contributed by atoms with Crippen molar-refractivity contribution in [1.29, 1.82) is 0 Å². The molecule has 2 heterocycles. The fourth-order valence-electron chi connectivity index (χ4n) is 2.86. The van der Waals surface area contributed by atoms with Gasteiger partial charge in [-0.25, -0.2) is 9.37 Å². The first kappa shape index (κ1) is 17.0. The molecule has 128 valence electrons. The fourth-order valence-corrected chi connectivity index (χ4v) is 3.69. The molecule has 0 atom stereocenters. The monoisotopic (exact) mass is 347 g/mol. The topological polar surface area (TPSA) is 45.2 Å². The molecule has 1 aliphatic heterocycles. The average Bonchev–Trinajstić information content (AvgIpc) is 3.22. The first-order valence-corrected chi connectivity index (χ1v) is 9.24. The molecule has 0 radical (unpaired) electrons. The number of likely N-dealkylation sites (tertiary alicyclic amines) is 1. The second kappa shape index (κ2) is 8.35. The smallest absolute Gasteiger partial charge is 0.226 e. The van der Waals surface area contributed by atoms with Crippen LogP contribution in [0.25, 0.3) is 0 Å². The Balaban J connectivity index is 1.39. The number of hydrogen-bond acceptors (Lipinski definition) is 4. The van der Waals surface area contributed by atoms with Crippen LogP contribution in [0.4, 0.5) is 4.39 Å². The van der Waals surface area contributed by atoms with Crippen molar-refractivity contribution in [2.24, 2.45) is 0 Å². The van der Waals surface area contributed by atoms with Crippen LogP contribution in [-0.4, -0.2) is 35.4 Å². The van der Waals surface area contributed by atoms with Gasteiger partial charge >= 0.3 is 0 Å². The van der Waals surface area contributed by atoms with Gasteiger partial charge in [-0.05, 0) is 50.0 Å². The van der Waals surface area contributed by atoms with E-state index in [4.69, 9.17) is 0 Å². The summed E-state index contributed by atoms with van der Waals surface area (Å²) >= 11 is 1.63. The highest BCUT2D eigenvalue weighted by molar-refractivity contribution is 7.09. The van der Waals surface area contributed by atoms with E-state index in [1.165, 1.54) is 25.0 Å². The Morgan fingerprint density at radius 1 is 1.25 bits per heavy atom. The SMILES string of the molecule is O=C(Cc1csc(CN2CCCC2)n1)NCCc1ccc(F)cc1. The summed E-state index contributed by atoms with van der Waals surface area (Å²) in [5, 5.41) is 5.96. The molecule has 1 fully saturated rings. The zero-order chi connectivity index (χ0) is 16.8. The van der Waals surface area contributed by atoms with E-state index in [0.717, 1.165) is 35.9 Å². The van der Waals surface area contributed by atoms with E-state index in [2.05, 4.69) is 15.2 Å². The predicted octanol–water partition coefficient (Wildman–Crippen LogP) is 2.78. The van der Waals surface area contributed by atoms with Crippen LogP contribution in [0.5, 0.6) is 0 Å². The molecule has 0 saturated carbocycles. The standard InChI is InChI=1S/C18H22FN3OS/c19-15-5-3-14(4-6-15)7-8-20-17(23)11-16-13-24-18(21-16)12-22-9-1-2-10-22/h3-6,13H,1-2,7-12H2,(H,20,23). The van der Waals surface area contributed by atoms with Gasteiger partial charge in [0.05, 0.1) is 18.7 Å². The van der Waals surface area contributed by atoms with Gasteiger partial charge in [0, 0.05) is 11.9 Å².